The first-order chi connectivity index (χ1) is 44.2. The number of unbranched alkanes of at least 4 members (excludes halogenated alkanes) is 3. The summed E-state index contributed by atoms with van der Waals surface area (Å²) < 4.78 is 48.6. The Morgan fingerprint density at radius 3 is 2.37 bits per heavy atom. The summed E-state index contributed by atoms with van der Waals surface area (Å²) in [7, 11) is -4.61. The molecule has 4 amide bonds. The van der Waals surface area contributed by atoms with E-state index in [-0.39, 0.29) is 47.1 Å². The van der Waals surface area contributed by atoms with Crippen LogP contribution in [-0.2, 0) is 43.9 Å². The molecule has 0 aliphatic carbocycles. The number of pyridine rings is 1. The van der Waals surface area contributed by atoms with Gasteiger partial charge in [-0.1, -0.05) is 60.8 Å². The number of ether oxygens (including phenoxy) is 3. The number of aryl methyl sites for hydroxylation is 1. The second-order valence-corrected chi connectivity index (χ2v) is 26.5. The number of nitro groups is 1. The van der Waals surface area contributed by atoms with E-state index in [0.717, 1.165) is 128 Å². The van der Waals surface area contributed by atoms with Gasteiger partial charge < -0.3 is 39.2 Å². The van der Waals surface area contributed by atoms with Crippen LogP contribution in [0.5, 0.6) is 17.2 Å². The molecular formula is C68H75ClN10O11S. The second kappa shape index (κ2) is 28.4. The van der Waals surface area contributed by atoms with Crippen LogP contribution in [0.1, 0.15) is 102 Å². The van der Waals surface area contributed by atoms with E-state index in [1.807, 2.05) is 42.5 Å². The molecule has 4 fully saturated rings. The number of halogens is 1. The van der Waals surface area contributed by atoms with E-state index in [1.54, 1.807) is 29.3 Å². The van der Waals surface area contributed by atoms with E-state index in [2.05, 4.69) is 64.3 Å². The Bertz CT molecular complexity index is 3940. The van der Waals surface area contributed by atoms with E-state index < -0.39 is 37.5 Å². The van der Waals surface area contributed by atoms with Crippen LogP contribution in [0.25, 0.3) is 22.2 Å². The first kappa shape index (κ1) is 62.8. The van der Waals surface area contributed by atoms with Gasteiger partial charge in [-0.15, -0.1) is 0 Å². The van der Waals surface area contributed by atoms with Gasteiger partial charge in [0.2, 0.25) is 11.8 Å². The highest BCUT2D eigenvalue weighted by Gasteiger charge is 2.40. The molecule has 0 radical (unpaired) electrons. The summed E-state index contributed by atoms with van der Waals surface area (Å²) in [6, 6.07) is 31.6. The molecule has 7 aromatic rings. The zero-order valence-corrected chi connectivity index (χ0v) is 52.3. The van der Waals surface area contributed by atoms with Crippen LogP contribution >= 0.6 is 11.6 Å². The van der Waals surface area contributed by atoms with Gasteiger partial charge in [-0.05, 0) is 166 Å². The van der Waals surface area contributed by atoms with E-state index in [0.29, 0.717) is 100.0 Å². The Balaban J connectivity index is 0.655. The van der Waals surface area contributed by atoms with Crippen molar-refractivity contribution in [2.24, 2.45) is 11.8 Å². The number of aromatic amines is 1. The fraction of sp³-hybridized carbons (Fsp3) is 0.397. The van der Waals surface area contributed by atoms with E-state index in [9.17, 15) is 37.7 Å². The number of benzene rings is 5. The highest BCUT2D eigenvalue weighted by molar-refractivity contribution is 7.90. The summed E-state index contributed by atoms with van der Waals surface area (Å²) in [5.41, 5.74) is 7.12. The van der Waals surface area contributed by atoms with Crippen molar-refractivity contribution in [3.05, 3.63) is 165 Å². The third-order valence-electron chi connectivity index (χ3n) is 18.4. The van der Waals surface area contributed by atoms with Crippen molar-refractivity contribution in [1.82, 2.24) is 34.7 Å². The zero-order chi connectivity index (χ0) is 63.0. The lowest BCUT2D eigenvalue weighted by molar-refractivity contribution is -0.384. The maximum absolute atomic E-state index is 14.2. The molecule has 5 aliphatic rings. The van der Waals surface area contributed by atoms with Crippen molar-refractivity contribution in [3.8, 4) is 28.4 Å². The highest BCUT2D eigenvalue weighted by Crippen LogP contribution is 2.38. The fourth-order valence-corrected chi connectivity index (χ4v) is 14.2. The summed E-state index contributed by atoms with van der Waals surface area (Å²) in [5, 5.41) is 19.2. The SMILES string of the molecule is O=C1CCC(N2Cc3c(CCCCCCN4CCC(COc5cccc(-c6ccc(Cl)cc6)c5CN5CCN(c6ccc(C(=O)NS(=O)(=O)c7ccc(NCC8CCOCC8)c([N+](=O)[O-])c7)c(Oc7cnc8[nH]ccc8c7)c6)CC5)CC4)cccc3C2=O)C(=O)N1. The number of aromatic nitrogens is 2. The number of fused-ring (bicyclic) bond motifs is 2. The minimum atomic E-state index is -4.61. The largest absolute Gasteiger partial charge is 0.493 e. The number of amides is 4. The summed E-state index contributed by atoms with van der Waals surface area (Å²) >= 11 is 6.39. The van der Waals surface area contributed by atoms with Crippen molar-refractivity contribution in [3.63, 3.8) is 0 Å². The third-order valence-corrected chi connectivity index (χ3v) is 20.0. The van der Waals surface area contributed by atoms with Gasteiger partial charge in [0, 0.05) is 111 Å². The van der Waals surface area contributed by atoms with Crippen LogP contribution < -0.4 is 29.7 Å². The van der Waals surface area contributed by atoms with Gasteiger partial charge in [-0.3, -0.25) is 39.5 Å². The minimum absolute atomic E-state index is 0.0710. The van der Waals surface area contributed by atoms with Gasteiger partial charge in [0.1, 0.15) is 34.6 Å². The molecule has 23 heteroatoms. The number of H-pyrrole nitrogens is 1. The van der Waals surface area contributed by atoms with Gasteiger partial charge in [0.05, 0.1) is 28.2 Å². The van der Waals surface area contributed by atoms with Crippen LogP contribution in [0.4, 0.5) is 17.1 Å². The van der Waals surface area contributed by atoms with Crippen molar-refractivity contribution < 1.29 is 46.7 Å². The number of rotatable bonds is 24. The minimum Gasteiger partial charge on any atom is -0.493 e. The molecule has 21 nitrogen and oxygen atoms in total. The quantitative estimate of drug-likeness (QED) is 0.0190. The average Bonchev–Trinajstić information content (AvgIpc) is 1.87. The average molecular weight is 1280 g/mol. The van der Waals surface area contributed by atoms with Crippen LogP contribution in [0.15, 0.2) is 126 Å². The van der Waals surface area contributed by atoms with Crippen LogP contribution in [0.3, 0.4) is 0 Å². The number of likely N-dealkylation sites (tertiary alicyclic amines) is 1. The molecular weight excluding hydrogens is 1200 g/mol. The monoisotopic (exact) mass is 1270 g/mol. The molecule has 12 rings (SSSR count). The number of nitrogens with one attached hydrogen (secondary N) is 4. The molecule has 5 aliphatic heterocycles. The lowest BCUT2D eigenvalue weighted by atomic mass is 9.96. The fourth-order valence-electron chi connectivity index (χ4n) is 13.1. The third kappa shape index (κ3) is 15.0. The number of nitrogens with zero attached hydrogens (tertiary/aromatic N) is 6. The summed E-state index contributed by atoms with van der Waals surface area (Å²) in [5.74, 6) is 0.139. The predicted molar refractivity (Wildman–Crippen MR) is 346 cm³/mol. The maximum Gasteiger partial charge on any atom is 0.293 e. The van der Waals surface area contributed by atoms with Crippen molar-refractivity contribution in [2.75, 3.05) is 82.4 Å². The Morgan fingerprint density at radius 2 is 1.58 bits per heavy atom. The number of hydrogen-bond acceptors (Lipinski definition) is 16. The Hall–Kier alpha value is -8.41. The molecule has 0 bridgehead atoms. The molecule has 5 aromatic carbocycles. The molecule has 1 unspecified atom stereocenters. The lowest BCUT2D eigenvalue weighted by Crippen LogP contribution is -2.52. The molecule has 4 N–H and O–H groups in total. The second-order valence-electron chi connectivity index (χ2n) is 24.3. The van der Waals surface area contributed by atoms with Crippen molar-refractivity contribution >= 4 is 73.3 Å². The number of piperazine rings is 1. The first-order valence-electron chi connectivity index (χ1n) is 31.6. The first-order valence-corrected chi connectivity index (χ1v) is 33.4. The number of nitro benzene ring substituents is 1. The normalized spacial score (nSPS) is 17.9. The molecule has 1 atom stereocenters. The lowest BCUT2D eigenvalue weighted by Gasteiger charge is -2.37. The van der Waals surface area contributed by atoms with E-state index in [4.69, 9.17) is 25.8 Å². The van der Waals surface area contributed by atoms with E-state index in [1.165, 1.54) is 24.4 Å². The van der Waals surface area contributed by atoms with E-state index >= 15 is 0 Å². The molecule has 0 saturated carbocycles. The van der Waals surface area contributed by atoms with Gasteiger partial charge >= 0.3 is 0 Å². The zero-order valence-electron chi connectivity index (χ0n) is 50.7. The maximum atomic E-state index is 14.2. The predicted octanol–water partition coefficient (Wildman–Crippen LogP) is 10.5. The summed E-state index contributed by atoms with van der Waals surface area (Å²) in [4.78, 5) is 79.3. The molecule has 0 spiro atoms. The number of hydrogen-bond donors (Lipinski definition) is 4. The van der Waals surface area contributed by atoms with Crippen molar-refractivity contribution in [1.29, 1.82) is 0 Å². The number of sulfonamides is 1. The smallest absolute Gasteiger partial charge is 0.293 e. The number of anilines is 2. The van der Waals surface area contributed by atoms with Gasteiger partial charge in [-0.2, -0.15) is 0 Å². The van der Waals surface area contributed by atoms with Crippen LogP contribution in [0, 0.1) is 22.0 Å². The number of imide groups is 1. The molecule has 2 aromatic heterocycles. The topological polar surface area (TPSA) is 251 Å². The Kier molecular flexibility index (Phi) is 19.6. The number of carbonyl (C=O) groups excluding carboxylic acids is 4. The van der Waals surface area contributed by atoms with Gasteiger partial charge in [0.25, 0.3) is 27.5 Å². The Morgan fingerprint density at radius 1 is 0.802 bits per heavy atom. The standard InChI is InChI=1S/C68H75ClN10O11S/c69-50-14-12-48(13-15-50)54-9-6-11-62(89-44-46-23-29-75(30-24-46)28-4-2-1-3-7-47-8-5-10-55-57(47)43-78(68(55)83)60-20-21-64(80)73-67(60)82)58(54)42-76-31-33-77(34-32-76)51-16-18-56(63(38-51)90-52-37-49-22-27-70-65(49)72-41-52)66(81)74-91(86,87)53-17-19-59(61(39-53)79(84)85)71-40-45-25-35-88-36-26-45/h5-6,8-19,22,27,37-39,41,45-46,60,71H,1-4,7,20-21,23-26,28-36,40,42-44H2,(H,70,72)(H,74,81)(H,73,80,82). The molecule has 4 saturated heterocycles. The Labute approximate surface area is 534 Å². The van der Waals surface area contributed by atoms with Crippen LogP contribution in [0.2, 0.25) is 5.02 Å². The molecule has 91 heavy (non-hydrogen) atoms. The number of piperidine rings is 2. The summed E-state index contributed by atoms with van der Waals surface area (Å²) in [6.07, 6.45) is 12.8. The molecule has 476 valence electrons. The van der Waals surface area contributed by atoms with Crippen LogP contribution in [-0.4, -0.2) is 140 Å². The highest BCUT2D eigenvalue weighted by atomic mass is 35.5. The molecule has 7 heterocycles. The van der Waals surface area contributed by atoms with Gasteiger partial charge in [0.15, 0.2) is 0 Å². The van der Waals surface area contributed by atoms with Gasteiger partial charge in [-0.25, -0.2) is 18.1 Å². The summed E-state index contributed by atoms with van der Waals surface area (Å²) in [6.45, 7) is 9.07. The number of carbonyl (C=O) groups is 4. The van der Waals surface area contributed by atoms with Crippen molar-refractivity contribution in [2.45, 2.75) is 94.7 Å².